The first-order chi connectivity index (χ1) is 20.8. The molecule has 43 heavy (non-hydrogen) atoms. The fourth-order valence-electron chi connectivity index (χ4n) is 6.35. The third-order valence-electron chi connectivity index (χ3n) is 8.55. The Morgan fingerprint density at radius 2 is 1.74 bits per heavy atom. The number of nitrogens with one attached hydrogen (secondary N) is 1. The van der Waals surface area contributed by atoms with Crippen LogP contribution in [-0.4, -0.2) is 34.9 Å². The molecule has 0 radical (unpaired) electrons. The van der Waals surface area contributed by atoms with Gasteiger partial charge in [0.2, 0.25) is 5.82 Å². The molecule has 3 fully saturated rings. The zero-order chi connectivity index (χ0) is 30.2. The van der Waals surface area contributed by atoms with Crippen LogP contribution in [0.3, 0.4) is 0 Å². The molecule has 0 saturated carbocycles. The van der Waals surface area contributed by atoms with Crippen molar-refractivity contribution in [3.8, 4) is 0 Å². The van der Waals surface area contributed by atoms with Crippen molar-refractivity contribution in [3.63, 3.8) is 0 Å². The van der Waals surface area contributed by atoms with Crippen molar-refractivity contribution in [2.24, 2.45) is 11.8 Å². The van der Waals surface area contributed by atoms with Crippen molar-refractivity contribution < 1.29 is 31.5 Å². The van der Waals surface area contributed by atoms with Crippen LogP contribution in [0, 0.1) is 40.9 Å². The van der Waals surface area contributed by atoms with Crippen molar-refractivity contribution in [3.05, 3.63) is 119 Å². The normalized spacial score (nSPS) is 22.0. The lowest BCUT2D eigenvalue weighted by atomic mass is 9.73. The largest absolute Gasteiger partial charge is 0.367 e. The number of piperidine rings is 3. The smallest absolute Gasteiger partial charge is 0.261 e. The van der Waals surface area contributed by atoms with Crippen LogP contribution < -0.4 is 5.32 Å². The monoisotopic (exact) mass is 593 g/mol. The number of benzene rings is 3. The minimum Gasteiger partial charge on any atom is -0.367 e. The number of carbonyl (C=O) groups excluding carboxylic acids is 1. The number of nitrogens with zero attached hydrogens (tertiary/aromatic N) is 2. The van der Waals surface area contributed by atoms with E-state index in [1.54, 1.807) is 18.3 Å². The average molecular weight is 594 g/mol. The van der Waals surface area contributed by atoms with Gasteiger partial charge in [0.05, 0.1) is 18.2 Å². The lowest BCUT2D eigenvalue weighted by molar-refractivity contribution is -0.0803. The van der Waals surface area contributed by atoms with E-state index in [0.29, 0.717) is 29.3 Å². The molecule has 4 unspecified atom stereocenters. The van der Waals surface area contributed by atoms with E-state index in [9.17, 15) is 26.7 Å². The molecule has 2 bridgehead atoms. The van der Waals surface area contributed by atoms with Gasteiger partial charge < -0.3 is 10.1 Å². The summed E-state index contributed by atoms with van der Waals surface area (Å²) in [5.74, 6) is -11.7. The van der Waals surface area contributed by atoms with Gasteiger partial charge in [0, 0.05) is 29.9 Å². The number of ether oxygens (including phenoxy) is 1. The molecule has 1 N–H and O–H groups in total. The Hall–Kier alpha value is -4.15. The third-order valence-corrected chi connectivity index (χ3v) is 8.55. The van der Waals surface area contributed by atoms with Crippen molar-refractivity contribution >= 4 is 22.5 Å². The number of pyridine rings is 1. The number of hydrogen-bond donors (Lipinski definition) is 1. The third kappa shape index (κ3) is 5.41. The van der Waals surface area contributed by atoms with Crippen LogP contribution in [0.2, 0.25) is 0 Å². The van der Waals surface area contributed by atoms with Gasteiger partial charge in [0.15, 0.2) is 23.3 Å². The van der Waals surface area contributed by atoms with E-state index in [0.717, 1.165) is 37.1 Å². The molecule has 5 nitrogen and oxygen atoms in total. The van der Waals surface area contributed by atoms with Crippen LogP contribution in [-0.2, 0) is 11.3 Å². The van der Waals surface area contributed by atoms with Crippen LogP contribution in [0.15, 0.2) is 73.4 Å². The number of carbonyl (C=O) groups is 1. The summed E-state index contributed by atoms with van der Waals surface area (Å²) in [7, 11) is 0. The van der Waals surface area contributed by atoms with Crippen molar-refractivity contribution in [2.75, 3.05) is 18.4 Å². The molecule has 1 amide bonds. The van der Waals surface area contributed by atoms with Crippen LogP contribution >= 0.6 is 0 Å². The number of hydrogen-bond acceptors (Lipinski definition) is 4. The van der Waals surface area contributed by atoms with E-state index in [1.807, 2.05) is 42.5 Å². The lowest BCUT2D eigenvalue weighted by Gasteiger charge is -2.51. The van der Waals surface area contributed by atoms with Gasteiger partial charge in [0.25, 0.3) is 5.91 Å². The molecule has 7 rings (SSSR count). The number of amides is 1. The number of aromatic nitrogens is 1. The van der Waals surface area contributed by atoms with Gasteiger partial charge in [-0.1, -0.05) is 36.4 Å². The molecular formula is C33H28F5N3O2. The van der Waals surface area contributed by atoms with Gasteiger partial charge in [-0.2, -0.15) is 0 Å². The molecule has 3 aromatic carbocycles. The standard InChI is InChI=1S/C33H28F5N3O2/c1-2-19-16-41-13-11-20(19)14-25(41)32(43-17-18-6-4-3-5-7-18)22-10-12-39-24-9-8-21(15-23(22)24)40-33(42)26-27(34)29(36)31(38)30(37)28(26)35/h2-10,12,15,19-20,25,32H,1,11,13-14,16-17H2,(H,40,42)/t19?,20?,25?,32-/m1/s1. The summed E-state index contributed by atoms with van der Waals surface area (Å²) < 4.78 is 76.3. The van der Waals surface area contributed by atoms with Gasteiger partial charge in [0.1, 0.15) is 5.56 Å². The molecule has 5 atom stereocenters. The SMILES string of the molecule is C=CC1CN2CCC1CC2[C@H](OCc1ccccc1)c1ccnc2ccc(NC(=O)c3c(F)c(F)c(F)c(F)c3F)cc12. The average Bonchev–Trinajstić information content (AvgIpc) is 3.04. The number of anilines is 1. The van der Waals surface area contributed by atoms with Crippen molar-refractivity contribution in [1.29, 1.82) is 0 Å². The summed E-state index contributed by atoms with van der Waals surface area (Å²) in [5, 5.41) is 2.91. The quantitative estimate of drug-likeness (QED) is 0.101. The van der Waals surface area contributed by atoms with Gasteiger partial charge >= 0.3 is 0 Å². The second-order valence-electron chi connectivity index (χ2n) is 11.0. The number of rotatable bonds is 8. The molecular weight excluding hydrogens is 565 g/mol. The van der Waals surface area contributed by atoms with Crippen LogP contribution in [0.1, 0.15) is 40.4 Å². The maximum absolute atomic E-state index is 14.3. The van der Waals surface area contributed by atoms with E-state index < -0.39 is 40.6 Å². The van der Waals surface area contributed by atoms with E-state index in [1.165, 1.54) is 6.07 Å². The minimum atomic E-state index is -2.33. The summed E-state index contributed by atoms with van der Waals surface area (Å²) >= 11 is 0. The molecule has 3 aliphatic rings. The van der Waals surface area contributed by atoms with Gasteiger partial charge in [-0.05, 0) is 66.6 Å². The van der Waals surface area contributed by atoms with Crippen molar-refractivity contribution in [1.82, 2.24) is 9.88 Å². The maximum Gasteiger partial charge on any atom is 0.261 e. The Morgan fingerprint density at radius 1 is 1.02 bits per heavy atom. The molecule has 4 aromatic rings. The first-order valence-corrected chi connectivity index (χ1v) is 14.0. The lowest BCUT2D eigenvalue weighted by Crippen LogP contribution is -2.55. The first kappa shape index (κ1) is 28.9. The van der Waals surface area contributed by atoms with Gasteiger partial charge in [-0.25, -0.2) is 22.0 Å². The topological polar surface area (TPSA) is 54.5 Å². The predicted octanol–water partition coefficient (Wildman–Crippen LogP) is 7.34. The van der Waals surface area contributed by atoms with E-state index >= 15 is 0 Å². The second-order valence-corrected chi connectivity index (χ2v) is 11.0. The highest BCUT2D eigenvalue weighted by Gasteiger charge is 2.43. The van der Waals surface area contributed by atoms with E-state index in [2.05, 4.69) is 21.8 Å². The Morgan fingerprint density at radius 3 is 2.42 bits per heavy atom. The van der Waals surface area contributed by atoms with Crippen LogP contribution in [0.5, 0.6) is 0 Å². The summed E-state index contributed by atoms with van der Waals surface area (Å²) in [5.41, 5.74) is 0.923. The zero-order valence-electron chi connectivity index (χ0n) is 23.0. The van der Waals surface area contributed by atoms with Crippen LogP contribution in [0.4, 0.5) is 27.6 Å². The van der Waals surface area contributed by atoms with E-state index in [4.69, 9.17) is 4.74 Å². The van der Waals surface area contributed by atoms with Crippen LogP contribution in [0.25, 0.3) is 10.9 Å². The number of fused-ring (bicyclic) bond motifs is 4. The van der Waals surface area contributed by atoms with Gasteiger partial charge in [-0.15, -0.1) is 6.58 Å². The summed E-state index contributed by atoms with van der Waals surface area (Å²) in [6, 6.07) is 16.3. The summed E-state index contributed by atoms with van der Waals surface area (Å²) in [4.78, 5) is 19.6. The molecule has 0 spiro atoms. The molecule has 1 aromatic heterocycles. The summed E-state index contributed by atoms with van der Waals surface area (Å²) in [6.07, 6.45) is 5.28. The Labute approximate surface area is 245 Å². The highest BCUT2D eigenvalue weighted by Crippen LogP contribution is 2.44. The second kappa shape index (κ2) is 11.9. The van der Waals surface area contributed by atoms with E-state index in [-0.39, 0.29) is 17.8 Å². The highest BCUT2D eigenvalue weighted by atomic mass is 19.2. The molecule has 0 aliphatic carbocycles. The molecule has 222 valence electrons. The molecule has 4 heterocycles. The highest BCUT2D eigenvalue weighted by molar-refractivity contribution is 6.05. The first-order valence-electron chi connectivity index (χ1n) is 14.0. The molecule has 3 saturated heterocycles. The van der Waals surface area contributed by atoms with Gasteiger partial charge in [-0.3, -0.25) is 14.7 Å². The fourth-order valence-corrected chi connectivity index (χ4v) is 6.35. The maximum atomic E-state index is 14.3. The fraction of sp³-hybridized carbons (Fsp3) is 0.273. The minimum absolute atomic E-state index is 0.0517. The number of halogens is 5. The Bertz CT molecular complexity index is 1670. The zero-order valence-corrected chi connectivity index (χ0v) is 23.0. The Kier molecular flexibility index (Phi) is 7.98. The Balaban J connectivity index is 1.36. The van der Waals surface area contributed by atoms with Crippen molar-refractivity contribution in [2.45, 2.75) is 31.6 Å². The predicted molar refractivity (Wildman–Crippen MR) is 152 cm³/mol. The molecule has 3 aliphatic heterocycles. The summed E-state index contributed by atoms with van der Waals surface area (Å²) in [6.45, 7) is 6.17. The molecule has 10 heteroatoms.